The van der Waals surface area contributed by atoms with E-state index in [0.717, 1.165) is 10.9 Å². The number of aliphatic carboxylic acids is 1. The number of aromatic nitrogens is 1. The van der Waals surface area contributed by atoms with Gasteiger partial charge in [-0.2, -0.15) is 13.1 Å². The average molecular weight is 284 g/mol. The summed E-state index contributed by atoms with van der Waals surface area (Å²) >= 11 is 0. The topological polar surface area (TPSA) is 119 Å². The summed E-state index contributed by atoms with van der Waals surface area (Å²) in [6.07, 6.45) is 1.55. The quantitative estimate of drug-likeness (QED) is 0.598. The number of hydrogen-bond donors (Lipinski definition) is 4. The van der Waals surface area contributed by atoms with Gasteiger partial charge in [0.25, 0.3) is 0 Å². The molecule has 0 aliphatic heterocycles. The Bertz CT molecular complexity index is 707. The number of hydrogen-bond acceptors (Lipinski definition) is 3. The van der Waals surface area contributed by atoms with Gasteiger partial charge in [-0.3, -0.25) is 9.35 Å². The lowest BCUT2D eigenvalue weighted by Crippen LogP contribution is -2.41. The number of carboxylic acids is 1. The van der Waals surface area contributed by atoms with Crippen molar-refractivity contribution in [3.05, 3.63) is 36.0 Å². The van der Waals surface area contributed by atoms with Crippen LogP contribution < -0.4 is 4.72 Å². The number of aromatic amines is 1. The van der Waals surface area contributed by atoms with E-state index < -0.39 is 22.3 Å². The van der Waals surface area contributed by atoms with E-state index in [1.54, 1.807) is 23.1 Å². The van der Waals surface area contributed by atoms with Crippen molar-refractivity contribution < 1.29 is 22.9 Å². The lowest BCUT2D eigenvalue weighted by molar-refractivity contribution is -0.138. The van der Waals surface area contributed by atoms with Crippen LogP contribution in [0.1, 0.15) is 5.56 Å². The van der Waals surface area contributed by atoms with E-state index in [1.807, 2.05) is 12.1 Å². The molecule has 0 amide bonds. The molecule has 1 aromatic heterocycles. The maximum Gasteiger partial charge on any atom is 0.334 e. The van der Waals surface area contributed by atoms with Crippen LogP contribution in [0.4, 0.5) is 0 Å². The Balaban J connectivity index is 2.29. The van der Waals surface area contributed by atoms with Gasteiger partial charge in [-0.1, -0.05) is 18.2 Å². The molecule has 1 atom stereocenters. The molecule has 1 heterocycles. The largest absolute Gasteiger partial charge is 0.480 e. The minimum absolute atomic E-state index is 0.0703. The molecule has 0 bridgehead atoms. The Morgan fingerprint density at radius 1 is 1.37 bits per heavy atom. The van der Waals surface area contributed by atoms with Gasteiger partial charge in [0, 0.05) is 23.5 Å². The molecule has 0 saturated carbocycles. The Kier molecular flexibility index (Phi) is 3.56. The van der Waals surface area contributed by atoms with E-state index in [9.17, 15) is 13.2 Å². The Hall–Kier alpha value is -1.90. The lowest BCUT2D eigenvalue weighted by atomic mass is 10.1. The number of para-hydroxylation sites is 1. The number of nitrogens with one attached hydrogen (secondary N) is 2. The van der Waals surface area contributed by atoms with Crippen molar-refractivity contribution in [3.63, 3.8) is 0 Å². The molecular formula is C11H12N2O5S. The van der Waals surface area contributed by atoms with E-state index in [1.165, 1.54) is 0 Å². The van der Waals surface area contributed by atoms with Gasteiger partial charge in [-0.15, -0.1) is 0 Å². The van der Waals surface area contributed by atoms with Crippen molar-refractivity contribution >= 4 is 27.2 Å². The van der Waals surface area contributed by atoms with E-state index >= 15 is 0 Å². The third-order valence-corrected chi connectivity index (χ3v) is 3.27. The highest BCUT2D eigenvalue weighted by molar-refractivity contribution is 7.83. The van der Waals surface area contributed by atoms with Gasteiger partial charge < -0.3 is 10.1 Å². The van der Waals surface area contributed by atoms with Crippen LogP contribution in [0.2, 0.25) is 0 Å². The molecule has 1 aromatic carbocycles. The zero-order valence-electron chi connectivity index (χ0n) is 9.70. The highest BCUT2D eigenvalue weighted by atomic mass is 32.2. The average Bonchev–Trinajstić information content (AvgIpc) is 2.70. The molecule has 7 nitrogen and oxygen atoms in total. The monoisotopic (exact) mass is 284 g/mol. The van der Waals surface area contributed by atoms with Crippen LogP contribution in [-0.4, -0.2) is 35.1 Å². The van der Waals surface area contributed by atoms with Crippen molar-refractivity contribution in [2.45, 2.75) is 12.5 Å². The maximum absolute atomic E-state index is 11.0. The standard InChI is InChI=1S/C11H12N2O5S/c14-11(15)10(13-19(16,17)18)5-7-6-12-9-4-2-1-3-8(7)9/h1-4,6,10,12-13H,5H2,(H,14,15)(H,16,17,18). The van der Waals surface area contributed by atoms with E-state index in [-0.39, 0.29) is 6.42 Å². The second kappa shape index (κ2) is 5.00. The number of carboxylic acid groups (broad SMARTS) is 1. The molecule has 2 rings (SSSR count). The van der Waals surface area contributed by atoms with Crippen LogP contribution in [0.3, 0.4) is 0 Å². The van der Waals surface area contributed by atoms with Gasteiger partial charge in [0.05, 0.1) is 0 Å². The third-order valence-electron chi connectivity index (χ3n) is 2.69. The minimum Gasteiger partial charge on any atom is -0.480 e. The predicted molar refractivity (Wildman–Crippen MR) is 68.1 cm³/mol. The summed E-state index contributed by atoms with van der Waals surface area (Å²) in [6, 6.07) is 5.83. The first kappa shape index (κ1) is 13.5. The predicted octanol–water partition coefficient (Wildman–Crippen LogP) is 0.556. The highest BCUT2D eigenvalue weighted by Crippen LogP contribution is 2.19. The van der Waals surface area contributed by atoms with Crippen molar-refractivity contribution in [3.8, 4) is 0 Å². The molecule has 0 spiro atoms. The molecule has 0 radical (unpaired) electrons. The van der Waals surface area contributed by atoms with E-state index in [2.05, 4.69) is 4.98 Å². The summed E-state index contributed by atoms with van der Waals surface area (Å²) in [5.41, 5.74) is 1.48. The van der Waals surface area contributed by atoms with Gasteiger partial charge in [-0.25, -0.2) is 0 Å². The fraction of sp³-hybridized carbons (Fsp3) is 0.182. The lowest BCUT2D eigenvalue weighted by Gasteiger charge is -2.11. The highest BCUT2D eigenvalue weighted by Gasteiger charge is 2.23. The maximum atomic E-state index is 11.0. The van der Waals surface area contributed by atoms with Crippen LogP contribution in [-0.2, 0) is 21.5 Å². The molecule has 1 unspecified atom stereocenters. The fourth-order valence-corrected chi connectivity index (χ4v) is 2.42. The second-order valence-electron chi connectivity index (χ2n) is 4.05. The molecular weight excluding hydrogens is 272 g/mol. The summed E-state index contributed by atoms with van der Waals surface area (Å²) in [6.45, 7) is 0. The van der Waals surface area contributed by atoms with Gasteiger partial charge in [0.15, 0.2) is 0 Å². The number of H-pyrrole nitrogens is 1. The van der Waals surface area contributed by atoms with E-state index in [4.69, 9.17) is 9.66 Å². The molecule has 0 aliphatic rings. The van der Waals surface area contributed by atoms with Crippen LogP contribution in [0.15, 0.2) is 30.5 Å². The summed E-state index contributed by atoms with van der Waals surface area (Å²) in [4.78, 5) is 14.0. The van der Waals surface area contributed by atoms with Crippen molar-refractivity contribution in [1.82, 2.24) is 9.71 Å². The number of fused-ring (bicyclic) bond motifs is 1. The molecule has 0 saturated heterocycles. The Labute approximate surface area is 109 Å². The van der Waals surface area contributed by atoms with Crippen LogP contribution >= 0.6 is 0 Å². The SMILES string of the molecule is O=C(O)C(Cc1c[nH]c2ccccc12)NS(=O)(=O)O. The van der Waals surface area contributed by atoms with Gasteiger partial charge in [0.1, 0.15) is 6.04 Å². The molecule has 0 aliphatic carbocycles. The van der Waals surface area contributed by atoms with Crippen LogP contribution in [0.5, 0.6) is 0 Å². The Morgan fingerprint density at radius 3 is 2.68 bits per heavy atom. The van der Waals surface area contributed by atoms with Gasteiger partial charge in [0.2, 0.25) is 0 Å². The van der Waals surface area contributed by atoms with Crippen molar-refractivity contribution in [2.24, 2.45) is 0 Å². The minimum atomic E-state index is -4.57. The molecule has 0 fully saturated rings. The number of benzene rings is 1. The molecule has 19 heavy (non-hydrogen) atoms. The zero-order chi connectivity index (χ0) is 14.0. The first-order valence-electron chi connectivity index (χ1n) is 5.39. The first-order chi connectivity index (χ1) is 8.87. The van der Waals surface area contributed by atoms with Gasteiger partial charge >= 0.3 is 16.3 Å². The normalized spacial score (nSPS) is 13.5. The van der Waals surface area contributed by atoms with Crippen molar-refractivity contribution in [1.29, 1.82) is 0 Å². The van der Waals surface area contributed by atoms with Crippen LogP contribution in [0, 0.1) is 0 Å². The summed E-state index contributed by atoms with van der Waals surface area (Å²) in [5, 5.41) is 9.77. The van der Waals surface area contributed by atoms with E-state index in [0.29, 0.717) is 5.56 Å². The van der Waals surface area contributed by atoms with Gasteiger partial charge in [-0.05, 0) is 11.6 Å². The zero-order valence-corrected chi connectivity index (χ0v) is 10.5. The number of rotatable bonds is 5. The summed E-state index contributed by atoms with van der Waals surface area (Å²) in [7, 11) is -4.57. The number of carbonyl (C=O) groups is 1. The molecule has 2 aromatic rings. The smallest absolute Gasteiger partial charge is 0.334 e. The second-order valence-corrected chi connectivity index (χ2v) is 5.23. The molecule has 8 heteroatoms. The molecule has 4 N–H and O–H groups in total. The fourth-order valence-electron chi connectivity index (χ4n) is 1.88. The molecule has 102 valence electrons. The first-order valence-corrected chi connectivity index (χ1v) is 6.83. The van der Waals surface area contributed by atoms with Crippen molar-refractivity contribution in [2.75, 3.05) is 0 Å². The summed E-state index contributed by atoms with van der Waals surface area (Å²) in [5.74, 6) is -1.36. The third kappa shape index (κ3) is 3.31. The summed E-state index contributed by atoms with van der Waals surface area (Å²) < 4.78 is 31.8. The van der Waals surface area contributed by atoms with Crippen LogP contribution in [0.25, 0.3) is 10.9 Å². The Morgan fingerprint density at radius 2 is 2.05 bits per heavy atom.